The number of nitrogens with zero attached hydrogens (tertiary/aromatic N) is 1. The molecule has 1 aliphatic heterocycles. The SMILES string of the molecule is NC(=O)CC1CCN(C(=O)c2cc(F)c(F)cc2N)CC1. The molecule has 0 atom stereocenters. The Morgan fingerprint density at radius 2 is 1.76 bits per heavy atom. The number of primary amides is 1. The summed E-state index contributed by atoms with van der Waals surface area (Å²) in [7, 11) is 0. The molecule has 114 valence electrons. The third-order valence-corrected chi connectivity index (χ3v) is 3.71. The lowest BCUT2D eigenvalue weighted by atomic mass is 9.93. The quantitative estimate of drug-likeness (QED) is 0.823. The molecule has 0 radical (unpaired) electrons. The Morgan fingerprint density at radius 1 is 1.19 bits per heavy atom. The summed E-state index contributed by atoms with van der Waals surface area (Å²) in [5.74, 6) is -2.80. The van der Waals surface area contributed by atoms with Crippen molar-refractivity contribution in [2.24, 2.45) is 11.7 Å². The van der Waals surface area contributed by atoms with E-state index in [0.29, 0.717) is 32.4 Å². The van der Waals surface area contributed by atoms with Crippen molar-refractivity contribution in [2.75, 3.05) is 18.8 Å². The van der Waals surface area contributed by atoms with Gasteiger partial charge in [0.1, 0.15) is 0 Å². The molecule has 5 nitrogen and oxygen atoms in total. The first kappa shape index (κ1) is 15.2. The summed E-state index contributed by atoms with van der Waals surface area (Å²) in [5, 5.41) is 0. The van der Waals surface area contributed by atoms with Crippen molar-refractivity contribution < 1.29 is 18.4 Å². The number of carbonyl (C=O) groups excluding carboxylic acids is 2. The van der Waals surface area contributed by atoms with Crippen LogP contribution >= 0.6 is 0 Å². The highest BCUT2D eigenvalue weighted by Gasteiger charge is 2.26. The van der Waals surface area contributed by atoms with Crippen LogP contribution < -0.4 is 11.5 Å². The van der Waals surface area contributed by atoms with Crippen LogP contribution in [0.3, 0.4) is 0 Å². The van der Waals surface area contributed by atoms with Gasteiger partial charge in [0.15, 0.2) is 11.6 Å². The number of carbonyl (C=O) groups is 2. The third-order valence-electron chi connectivity index (χ3n) is 3.71. The number of piperidine rings is 1. The molecule has 1 fully saturated rings. The molecule has 21 heavy (non-hydrogen) atoms. The number of hydrogen-bond donors (Lipinski definition) is 2. The Labute approximate surface area is 120 Å². The first-order valence-electron chi connectivity index (χ1n) is 6.70. The molecule has 1 aromatic carbocycles. The zero-order valence-electron chi connectivity index (χ0n) is 11.4. The van der Waals surface area contributed by atoms with Crippen LogP contribution in [0.2, 0.25) is 0 Å². The number of hydrogen-bond acceptors (Lipinski definition) is 3. The van der Waals surface area contributed by atoms with Crippen molar-refractivity contribution in [3.63, 3.8) is 0 Å². The molecule has 0 aliphatic carbocycles. The van der Waals surface area contributed by atoms with Crippen LogP contribution in [0.4, 0.5) is 14.5 Å². The Kier molecular flexibility index (Phi) is 4.40. The normalized spacial score (nSPS) is 16.0. The van der Waals surface area contributed by atoms with Crippen LogP contribution in [0.1, 0.15) is 29.6 Å². The van der Waals surface area contributed by atoms with Gasteiger partial charge in [-0.15, -0.1) is 0 Å². The Bertz CT molecular complexity index is 570. The number of amides is 2. The van der Waals surface area contributed by atoms with Crippen molar-refractivity contribution in [1.29, 1.82) is 0 Å². The summed E-state index contributed by atoms with van der Waals surface area (Å²) in [6.07, 6.45) is 1.60. The van der Waals surface area contributed by atoms with Crippen LogP contribution in [0.5, 0.6) is 0 Å². The van der Waals surface area contributed by atoms with Crippen LogP contribution in [0.25, 0.3) is 0 Å². The fourth-order valence-electron chi connectivity index (χ4n) is 2.54. The predicted molar refractivity (Wildman–Crippen MR) is 73.2 cm³/mol. The summed E-state index contributed by atoms with van der Waals surface area (Å²) in [6.45, 7) is 0.879. The lowest BCUT2D eigenvalue weighted by molar-refractivity contribution is -0.119. The fraction of sp³-hybridized carbons (Fsp3) is 0.429. The lowest BCUT2D eigenvalue weighted by Crippen LogP contribution is -2.39. The maximum absolute atomic E-state index is 13.2. The van der Waals surface area contributed by atoms with Crippen molar-refractivity contribution in [3.8, 4) is 0 Å². The highest BCUT2D eigenvalue weighted by Crippen LogP contribution is 2.24. The minimum atomic E-state index is -1.10. The summed E-state index contributed by atoms with van der Waals surface area (Å²) >= 11 is 0. The summed E-state index contributed by atoms with van der Waals surface area (Å²) in [6, 6.07) is 1.63. The van der Waals surface area contributed by atoms with Crippen molar-refractivity contribution in [1.82, 2.24) is 4.90 Å². The zero-order valence-corrected chi connectivity index (χ0v) is 11.4. The maximum Gasteiger partial charge on any atom is 0.256 e. The smallest absolute Gasteiger partial charge is 0.256 e. The average Bonchev–Trinajstić information content (AvgIpc) is 2.42. The largest absolute Gasteiger partial charge is 0.398 e. The number of nitrogens with two attached hydrogens (primary N) is 2. The van der Waals surface area contributed by atoms with E-state index in [4.69, 9.17) is 11.5 Å². The molecule has 4 N–H and O–H groups in total. The number of nitrogen functional groups attached to an aromatic ring is 1. The van der Waals surface area contributed by atoms with Crippen LogP contribution in [-0.2, 0) is 4.79 Å². The molecule has 1 saturated heterocycles. The molecular weight excluding hydrogens is 280 g/mol. The summed E-state index contributed by atoms with van der Waals surface area (Å²) in [4.78, 5) is 24.7. The molecule has 1 heterocycles. The molecule has 2 rings (SSSR count). The van der Waals surface area contributed by atoms with Crippen molar-refractivity contribution >= 4 is 17.5 Å². The first-order chi connectivity index (χ1) is 9.88. The highest BCUT2D eigenvalue weighted by molar-refractivity contribution is 5.99. The second-order valence-electron chi connectivity index (χ2n) is 5.26. The number of likely N-dealkylation sites (tertiary alicyclic amines) is 1. The van der Waals surface area contributed by atoms with Gasteiger partial charge in [-0.2, -0.15) is 0 Å². The van der Waals surface area contributed by atoms with E-state index in [0.717, 1.165) is 12.1 Å². The fourth-order valence-corrected chi connectivity index (χ4v) is 2.54. The Balaban J connectivity index is 2.05. The standard InChI is InChI=1S/C14H17F2N3O2/c15-10-6-9(12(17)7-11(10)16)14(21)19-3-1-8(2-4-19)5-13(18)20/h6-8H,1-5,17H2,(H2,18,20). The van der Waals surface area contributed by atoms with E-state index in [9.17, 15) is 18.4 Å². The third kappa shape index (κ3) is 3.48. The second-order valence-corrected chi connectivity index (χ2v) is 5.26. The van der Waals surface area contributed by atoms with E-state index >= 15 is 0 Å². The van der Waals surface area contributed by atoms with Crippen molar-refractivity contribution in [3.05, 3.63) is 29.3 Å². The molecule has 7 heteroatoms. The van der Waals surface area contributed by atoms with Gasteiger partial charge in [0.2, 0.25) is 5.91 Å². The van der Waals surface area contributed by atoms with Gasteiger partial charge in [-0.25, -0.2) is 8.78 Å². The monoisotopic (exact) mass is 297 g/mol. The number of rotatable bonds is 3. The number of anilines is 1. The number of halogens is 2. The lowest BCUT2D eigenvalue weighted by Gasteiger charge is -2.31. The minimum Gasteiger partial charge on any atom is -0.398 e. The Hall–Kier alpha value is -2.18. The van der Waals surface area contributed by atoms with Gasteiger partial charge in [-0.1, -0.05) is 0 Å². The summed E-state index contributed by atoms with van der Waals surface area (Å²) in [5.41, 5.74) is 10.6. The van der Waals surface area contributed by atoms with E-state index < -0.39 is 17.5 Å². The van der Waals surface area contributed by atoms with Crippen LogP contribution in [-0.4, -0.2) is 29.8 Å². The molecule has 0 saturated carbocycles. The molecule has 0 bridgehead atoms. The van der Waals surface area contributed by atoms with E-state index in [2.05, 4.69) is 0 Å². The van der Waals surface area contributed by atoms with Gasteiger partial charge in [0.25, 0.3) is 5.91 Å². The van der Waals surface area contributed by atoms with E-state index in [1.54, 1.807) is 0 Å². The second kappa shape index (κ2) is 6.07. The zero-order chi connectivity index (χ0) is 15.6. The molecule has 0 unspecified atom stereocenters. The predicted octanol–water partition coefficient (Wildman–Crippen LogP) is 1.27. The highest BCUT2D eigenvalue weighted by atomic mass is 19.2. The van der Waals surface area contributed by atoms with Gasteiger partial charge in [0, 0.05) is 31.3 Å². The molecule has 1 aliphatic rings. The molecule has 0 aromatic heterocycles. The minimum absolute atomic E-state index is 0.0396. The van der Waals surface area contributed by atoms with Crippen LogP contribution in [0.15, 0.2) is 12.1 Å². The van der Waals surface area contributed by atoms with Gasteiger partial charge < -0.3 is 16.4 Å². The van der Waals surface area contributed by atoms with Gasteiger partial charge >= 0.3 is 0 Å². The molecular formula is C14H17F2N3O2. The molecule has 0 spiro atoms. The van der Waals surface area contributed by atoms with Gasteiger partial charge in [0.05, 0.1) is 5.56 Å². The van der Waals surface area contributed by atoms with Gasteiger partial charge in [-0.3, -0.25) is 9.59 Å². The topological polar surface area (TPSA) is 89.4 Å². The van der Waals surface area contributed by atoms with Crippen LogP contribution in [0, 0.1) is 17.6 Å². The molecule has 1 aromatic rings. The number of benzene rings is 1. The summed E-state index contributed by atoms with van der Waals surface area (Å²) < 4.78 is 26.3. The first-order valence-corrected chi connectivity index (χ1v) is 6.70. The molecule has 2 amide bonds. The van der Waals surface area contributed by atoms with E-state index in [-0.39, 0.29) is 23.1 Å². The average molecular weight is 297 g/mol. The Morgan fingerprint density at radius 3 is 2.33 bits per heavy atom. The van der Waals surface area contributed by atoms with E-state index in [1.165, 1.54) is 4.90 Å². The van der Waals surface area contributed by atoms with Gasteiger partial charge in [-0.05, 0) is 24.8 Å². The van der Waals surface area contributed by atoms with E-state index in [1.807, 2.05) is 0 Å². The van der Waals surface area contributed by atoms with Crippen molar-refractivity contribution in [2.45, 2.75) is 19.3 Å². The maximum atomic E-state index is 13.2.